The predicted octanol–water partition coefficient (Wildman–Crippen LogP) is 14.8. The summed E-state index contributed by atoms with van der Waals surface area (Å²) < 4.78 is 5.91. The van der Waals surface area contributed by atoms with Gasteiger partial charge in [0.2, 0.25) is 5.91 Å². The molecule has 0 saturated heterocycles. The Balaban J connectivity index is 4.56. The van der Waals surface area contributed by atoms with Gasteiger partial charge in [-0.15, -0.1) is 0 Å². The highest BCUT2D eigenvalue weighted by molar-refractivity contribution is 5.77. The molecule has 0 bridgehead atoms. The Bertz CT molecular complexity index is 1060. The first-order valence-electron chi connectivity index (χ1n) is 25.1. The van der Waals surface area contributed by atoms with Gasteiger partial charge < -0.3 is 20.3 Å². The van der Waals surface area contributed by atoms with Crippen LogP contribution < -0.4 is 5.32 Å². The Morgan fingerprint density at radius 1 is 0.492 bits per heavy atom. The molecule has 3 unspecified atom stereocenters. The van der Waals surface area contributed by atoms with E-state index in [0.29, 0.717) is 19.3 Å². The molecule has 59 heavy (non-hydrogen) atoms. The highest BCUT2D eigenvalue weighted by Gasteiger charge is 2.24. The first-order chi connectivity index (χ1) is 29.0. The molecule has 6 heteroatoms. The first kappa shape index (κ1) is 56.6. The standard InChI is InChI=1S/C53H95NO5/c1-4-7-10-13-16-19-22-24-25-26-27-28-29-31-34-37-40-43-46-53(58)59-49(44-41-38-35-32-21-18-15-12-9-6-3)47-52(57)54-50(48-55)51(56)45-42-39-36-33-30-23-20-17-14-11-8-5-2/h10,13,16,19,22,24-28,49-51,55-56H,4-9,11-12,14-15,17-18,20-21,23,29-48H2,1-3H3,(H,54,57)/b13-10+,19-16+,24-22+,26-25+,28-27+. The summed E-state index contributed by atoms with van der Waals surface area (Å²) >= 11 is 0. The number of rotatable bonds is 44. The van der Waals surface area contributed by atoms with Gasteiger partial charge in [-0.2, -0.15) is 0 Å². The number of allylic oxidation sites excluding steroid dienone is 10. The highest BCUT2D eigenvalue weighted by atomic mass is 16.5. The van der Waals surface area contributed by atoms with Crippen molar-refractivity contribution >= 4 is 11.9 Å². The van der Waals surface area contributed by atoms with Crippen LogP contribution in [0.3, 0.4) is 0 Å². The van der Waals surface area contributed by atoms with Crippen molar-refractivity contribution in [3.8, 4) is 0 Å². The third-order valence-electron chi connectivity index (χ3n) is 11.2. The van der Waals surface area contributed by atoms with Gasteiger partial charge in [0.1, 0.15) is 6.10 Å². The van der Waals surface area contributed by atoms with E-state index < -0.39 is 18.2 Å². The minimum atomic E-state index is -0.791. The normalized spacial score (nSPS) is 13.8. The summed E-state index contributed by atoms with van der Waals surface area (Å²) in [6, 6.07) is -0.705. The molecule has 0 aliphatic heterocycles. The largest absolute Gasteiger partial charge is 0.462 e. The van der Waals surface area contributed by atoms with Crippen LogP contribution in [-0.4, -0.2) is 46.9 Å². The minimum absolute atomic E-state index is 0.0672. The van der Waals surface area contributed by atoms with E-state index in [2.05, 4.69) is 62.5 Å². The molecular formula is C53H95NO5. The van der Waals surface area contributed by atoms with E-state index in [1.807, 2.05) is 24.3 Å². The zero-order chi connectivity index (χ0) is 43.1. The summed E-state index contributed by atoms with van der Waals surface area (Å²) in [6.45, 7) is 6.38. The number of hydrogen-bond acceptors (Lipinski definition) is 5. The fourth-order valence-corrected chi connectivity index (χ4v) is 7.40. The second-order valence-corrected chi connectivity index (χ2v) is 17.0. The summed E-state index contributed by atoms with van der Waals surface area (Å²) in [5, 5.41) is 23.7. The Morgan fingerprint density at radius 2 is 0.898 bits per heavy atom. The van der Waals surface area contributed by atoms with Gasteiger partial charge in [0.25, 0.3) is 0 Å². The number of aliphatic hydroxyl groups is 2. The van der Waals surface area contributed by atoms with Crippen LogP contribution in [0, 0.1) is 0 Å². The molecule has 0 fully saturated rings. The zero-order valence-corrected chi connectivity index (χ0v) is 38.9. The third kappa shape index (κ3) is 42.1. The average Bonchev–Trinajstić information content (AvgIpc) is 3.23. The van der Waals surface area contributed by atoms with Crippen molar-refractivity contribution in [3.63, 3.8) is 0 Å². The van der Waals surface area contributed by atoms with E-state index in [1.54, 1.807) is 0 Å². The van der Waals surface area contributed by atoms with Gasteiger partial charge in [-0.25, -0.2) is 0 Å². The minimum Gasteiger partial charge on any atom is -0.462 e. The zero-order valence-electron chi connectivity index (χ0n) is 38.9. The second-order valence-electron chi connectivity index (χ2n) is 17.0. The number of unbranched alkanes of at least 4 members (excludes halogenated alkanes) is 26. The molecule has 6 nitrogen and oxygen atoms in total. The van der Waals surface area contributed by atoms with Crippen molar-refractivity contribution < 1.29 is 24.5 Å². The lowest BCUT2D eigenvalue weighted by atomic mass is 10.0. The highest BCUT2D eigenvalue weighted by Crippen LogP contribution is 2.18. The lowest BCUT2D eigenvalue weighted by Gasteiger charge is -2.24. The summed E-state index contributed by atoms with van der Waals surface area (Å²) in [5.41, 5.74) is 0. The Hall–Kier alpha value is -2.44. The summed E-state index contributed by atoms with van der Waals surface area (Å²) in [7, 11) is 0. The van der Waals surface area contributed by atoms with Crippen molar-refractivity contribution in [1.82, 2.24) is 5.32 Å². The van der Waals surface area contributed by atoms with Crippen LogP contribution in [0.15, 0.2) is 60.8 Å². The van der Waals surface area contributed by atoms with E-state index in [-0.39, 0.29) is 24.9 Å². The Kier molecular flexibility index (Phi) is 44.7. The molecule has 3 N–H and O–H groups in total. The molecule has 0 aromatic heterocycles. The smallest absolute Gasteiger partial charge is 0.306 e. The van der Waals surface area contributed by atoms with E-state index in [9.17, 15) is 19.8 Å². The topological polar surface area (TPSA) is 95.9 Å². The average molecular weight is 826 g/mol. The molecular weight excluding hydrogens is 731 g/mol. The number of aliphatic hydroxyl groups excluding tert-OH is 2. The van der Waals surface area contributed by atoms with Crippen LogP contribution in [0.1, 0.15) is 239 Å². The van der Waals surface area contributed by atoms with E-state index in [4.69, 9.17) is 4.74 Å². The van der Waals surface area contributed by atoms with Crippen LogP contribution in [-0.2, 0) is 14.3 Å². The van der Waals surface area contributed by atoms with Gasteiger partial charge in [-0.05, 0) is 44.9 Å². The quantitative estimate of drug-likeness (QED) is 0.0323. The molecule has 0 heterocycles. The van der Waals surface area contributed by atoms with Gasteiger partial charge in [0, 0.05) is 6.42 Å². The van der Waals surface area contributed by atoms with E-state index in [0.717, 1.165) is 83.5 Å². The molecule has 0 aromatic rings. The number of carbonyl (C=O) groups excluding carboxylic acids is 2. The number of nitrogens with one attached hydrogen (secondary N) is 1. The molecule has 0 aliphatic carbocycles. The molecule has 0 aliphatic rings. The number of hydrogen-bond donors (Lipinski definition) is 3. The fraction of sp³-hybridized carbons (Fsp3) is 0.774. The lowest BCUT2D eigenvalue weighted by molar-refractivity contribution is -0.151. The maximum atomic E-state index is 13.2. The predicted molar refractivity (Wildman–Crippen MR) is 255 cm³/mol. The van der Waals surface area contributed by atoms with Crippen molar-refractivity contribution in [3.05, 3.63) is 60.8 Å². The van der Waals surface area contributed by atoms with E-state index >= 15 is 0 Å². The van der Waals surface area contributed by atoms with Crippen LogP contribution in [0.2, 0.25) is 0 Å². The molecule has 0 spiro atoms. The Morgan fingerprint density at radius 3 is 1.37 bits per heavy atom. The van der Waals surface area contributed by atoms with Crippen LogP contribution in [0.25, 0.3) is 0 Å². The lowest BCUT2D eigenvalue weighted by Crippen LogP contribution is -2.46. The maximum Gasteiger partial charge on any atom is 0.306 e. The van der Waals surface area contributed by atoms with Crippen molar-refractivity contribution in [2.24, 2.45) is 0 Å². The van der Waals surface area contributed by atoms with Gasteiger partial charge in [0.05, 0.1) is 25.2 Å². The molecule has 342 valence electrons. The summed E-state index contributed by atoms with van der Waals surface area (Å²) in [4.78, 5) is 26.1. The third-order valence-corrected chi connectivity index (χ3v) is 11.2. The summed E-state index contributed by atoms with van der Waals surface area (Å²) in [6.07, 6.45) is 57.0. The number of esters is 1. The fourth-order valence-electron chi connectivity index (χ4n) is 7.40. The second kappa shape index (κ2) is 46.6. The van der Waals surface area contributed by atoms with Gasteiger partial charge in [-0.3, -0.25) is 9.59 Å². The van der Waals surface area contributed by atoms with E-state index in [1.165, 1.54) is 109 Å². The number of carbonyl (C=O) groups is 2. The van der Waals surface area contributed by atoms with Gasteiger partial charge in [0.15, 0.2) is 0 Å². The molecule has 1 amide bonds. The van der Waals surface area contributed by atoms with Crippen LogP contribution in [0.5, 0.6) is 0 Å². The Labute approximate surface area is 365 Å². The van der Waals surface area contributed by atoms with Crippen molar-refractivity contribution in [2.45, 2.75) is 257 Å². The molecule has 0 radical (unpaired) electrons. The monoisotopic (exact) mass is 826 g/mol. The molecule has 3 atom stereocenters. The maximum absolute atomic E-state index is 13.2. The van der Waals surface area contributed by atoms with Crippen LogP contribution in [0.4, 0.5) is 0 Å². The van der Waals surface area contributed by atoms with Gasteiger partial charge in [-0.1, -0.05) is 242 Å². The molecule has 0 aromatic carbocycles. The first-order valence-corrected chi connectivity index (χ1v) is 25.1. The van der Waals surface area contributed by atoms with Crippen molar-refractivity contribution in [1.29, 1.82) is 0 Å². The van der Waals surface area contributed by atoms with Crippen LogP contribution >= 0.6 is 0 Å². The molecule has 0 saturated carbocycles. The summed E-state index contributed by atoms with van der Waals surface area (Å²) in [5.74, 6) is -0.500. The SMILES string of the molecule is CCC/C=C/C=C/C=C/C=C/C=C/CCCCCCCC(=O)OC(CCCCCCCCCCCC)CC(=O)NC(CO)C(O)CCCCCCCCCCCCCC. The molecule has 0 rings (SSSR count). The van der Waals surface area contributed by atoms with Gasteiger partial charge >= 0.3 is 5.97 Å². The van der Waals surface area contributed by atoms with Crippen molar-refractivity contribution in [2.75, 3.05) is 6.61 Å². The number of ether oxygens (including phenoxy) is 1. The number of amides is 1.